The summed E-state index contributed by atoms with van der Waals surface area (Å²) in [5.74, 6) is -0.510. The van der Waals surface area contributed by atoms with Crippen molar-refractivity contribution in [1.29, 1.82) is 0 Å². The molecule has 2 heterocycles. The molecule has 0 fully saturated rings. The summed E-state index contributed by atoms with van der Waals surface area (Å²) in [5, 5.41) is 8.22. The second-order valence-electron chi connectivity index (χ2n) is 4.92. The summed E-state index contributed by atoms with van der Waals surface area (Å²) in [4.78, 5) is 28.2. The van der Waals surface area contributed by atoms with Crippen LogP contribution >= 0.6 is 34.5 Å². The van der Waals surface area contributed by atoms with Crippen molar-refractivity contribution in [1.82, 2.24) is 4.98 Å². The maximum Gasteiger partial charge on any atom is 0.293 e. The fourth-order valence-corrected chi connectivity index (χ4v) is 3.01. The smallest absolute Gasteiger partial charge is 0.293 e. The minimum atomic E-state index is -0.402. The molecule has 9 heteroatoms. The number of thiazole rings is 1. The minimum absolute atomic E-state index is 0.0377. The zero-order valence-corrected chi connectivity index (χ0v) is 14.9. The van der Waals surface area contributed by atoms with Gasteiger partial charge in [-0.1, -0.05) is 23.2 Å². The van der Waals surface area contributed by atoms with E-state index in [4.69, 9.17) is 27.6 Å². The second-order valence-corrected chi connectivity index (χ2v) is 6.63. The summed E-state index contributed by atoms with van der Waals surface area (Å²) in [7, 11) is 0. The first-order valence-corrected chi connectivity index (χ1v) is 8.69. The van der Waals surface area contributed by atoms with E-state index in [0.717, 1.165) is 0 Å². The molecule has 128 valence electrons. The number of nitrogens with zero attached hydrogens (tertiary/aromatic N) is 1. The highest BCUT2D eigenvalue weighted by atomic mass is 35.5. The molecule has 2 aromatic heterocycles. The Morgan fingerprint density at radius 1 is 1.20 bits per heavy atom. The SMILES string of the molecule is O=C(Cc1csc(NC(=O)c2ccco2)n1)Nc1cc(Cl)ccc1Cl. The third-order valence-corrected chi connectivity index (χ3v) is 4.43. The van der Waals surface area contributed by atoms with Crippen LogP contribution in [0.3, 0.4) is 0 Å². The lowest BCUT2D eigenvalue weighted by Crippen LogP contribution is -2.15. The van der Waals surface area contributed by atoms with Gasteiger partial charge in [0.05, 0.1) is 29.1 Å². The maximum atomic E-state index is 12.1. The van der Waals surface area contributed by atoms with Crippen LogP contribution in [-0.4, -0.2) is 16.8 Å². The van der Waals surface area contributed by atoms with Crippen LogP contribution in [0, 0.1) is 0 Å². The molecule has 0 atom stereocenters. The second kappa shape index (κ2) is 7.69. The van der Waals surface area contributed by atoms with E-state index in [1.807, 2.05) is 0 Å². The van der Waals surface area contributed by atoms with E-state index in [2.05, 4.69) is 15.6 Å². The van der Waals surface area contributed by atoms with Gasteiger partial charge in [-0.3, -0.25) is 14.9 Å². The lowest BCUT2D eigenvalue weighted by Gasteiger charge is -2.06. The molecule has 2 amide bonds. The first kappa shape index (κ1) is 17.5. The molecule has 6 nitrogen and oxygen atoms in total. The number of amides is 2. The van der Waals surface area contributed by atoms with Crippen LogP contribution < -0.4 is 10.6 Å². The standard InChI is InChI=1S/C16H11Cl2N3O3S/c17-9-3-4-11(18)12(6-9)20-14(22)7-10-8-25-16(19-10)21-15(23)13-2-1-5-24-13/h1-6,8H,7H2,(H,20,22)(H,19,21,23). The van der Waals surface area contributed by atoms with Gasteiger partial charge in [-0.15, -0.1) is 11.3 Å². The third kappa shape index (κ3) is 4.60. The molecule has 1 aromatic carbocycles. The predicted octanol–water partition coefficient (Wildman–Crippen LogP) is 4.48. The zero-order valence-electron chi connectivity index (χ0n) is 12.6. The minimum Gasteiger partial charge on any atom is -0.459 e. The molecule has 0 radical (unpaired) electrons. The Kier molecular flexibility index (Phi) is 5.37. The normalized spacial score (nSPS) is 10.5. The summed E-state index contributed by atoms with van der Waals surface area (Å²) in [6, 6.07) is 7.97. The van der Waals surface area contributed by atoms with Crippen molar-refractivity contribution < 1.29 is 14.0 Å². The summed E-state index contributed by atoms with van der Waals surface area (Å²) < 4.78 is 5.00. The van der Waals surface area contributed by atoms with Gasteiger partial charge in [-0.2, -0.15) is 0 Å². The Labute approximate surface area is 156 Å². The number of nitrogens with one attached hydrogen (secondary N) is 2. The van der Waals surface area contributed by atoms with Gasteiger partial charge in [0.25, 0.3) is 5.91 Å². The number of rotatable bonds is 5. The van der Waals surface area contributed by atoms with Crippen molar-refractivity contribution in [2.45, 2.75) is 6.42 Å². The van der Waals surface area contributed by atoms with Crippen molar-refractivity contribution in [3.63, 3.8) is 0 Å². The van der Waals surface area contributed by atoms with E-state index in [1.165, 1.54) is 17.6 Å². The molecule has 0 spiro atoms. The lowest BCUT2D eigenvalue weighted by atomic mass is 10.3. The molecule has 0 unspecified atom stereocenters. The first-order chi connectivity index (χ1) is 12.0. The topological polar surface area (TPSA) is 84.2 Å². The van der Waals surface area contributed by atoms with Crippen LogP contribution in [0.15, 0.2) is 46.4 Å². The van der Waals surface area contributed by atoms with Gasteiger partial charge in [0.15, 0.2) is 10.9 Å². The number of furan rings is 1. The number of hydrogen-bond donors (Lipinski definition) is 2. The summed E-state index contributed by atoms with van der Waals surface area (Å²) in [6.07, 6.45) is 1.45. The number of anilines is 2. The van der Waals surface area contributed by atoms with Gasteiger partial charge >= 0.3 is 0 Å². The average Bonchev–Trinajstić information content (AvgIpc) is 3.23. The number of carbonyl (C=O) groups is 2. The fourth-order valence-electron chi connectivity index (χ4n) is 1.96. The Morgan fingerprint density at radius 3 is 2.80 bits per heavy atom. The highest BCUT2D eigenvalue weighted by Crippen LogP contribution is 2.25. The molecule has 0 aliphatic rings. The number of hydrogen-bond acceptors (Lipinski definition) is 5. The van der Waals surface area contributed by atoms with Crippen molar-refractivity contribution in [2.75, 3.05) is 10.6 Å². The molecular weight excluding hydrogens is 385 g/mol. The van der Waals surface area contributed by atoms with Crippen molar-refractivity contribution in [3.8, 4) is 0 Å². The van der Waals surface area contributed by atoms with Crippen LogP contribution in [0.2, 0.25) is 10.0 Å². The van der Waals surface area contributed by atoms with Crippen molar-refractivity contribution in [2.24, 2.45) is 0 Å². The van der Waals surface area contributed by atoms with Crippen molar-refractivity contribution >= 4 is 57.2 Å². The highest BCUT2D eigenvalue weighted by Gasteiger charge is 2.13. The summed E-state index contributed by atoms with van der Waals surface area (Å²) in [5.41, 5.74) is 0.955. The Balaban J connectivity index is 1.60. The number of aromatic nitrogens is 1. The largest absolute Gasteiger partial charge is 0.459 e. The number of halogens is 2. The molecule has 0 saturated carbocycles. The van der Waals surface area contributed by atoms with Gasteiger partial charge < -0.3 is 9.73 Å². The fraction of sp³-hybridized carbons (Fsp3) is 0.0625. The van der Waals surface area contributed by atoms with E-state index in [-0.39, 0.29) is 18.1 Å². The molecule has 3 rings (SSSR count). The van der Waals surface area contributed by atoms with Gasteiger partial charge in [0, 0.05) is 10.4 Å². The molecular formula is C16H11Cl2N3O3S. The van der Waals surface area contributed by atoms with Crippen LogP contribution in [0.5, 0.6) is 0 Å². The van der Waals surface area contributed by atoms with E-state index in [1.54, 1.807) is 35.7 Å². The van der Waals surface area contributed by atoms with Crippen LogP contribution in [0.4, 0.5) is 10.8 Å². The van der Waals surface area contributed by atoms with Crippen molar-refractivity contribution in [3.05, 3.63) is 63.5 Å². The maximum absolute atomic E-state index is 12.1. The zero-order chi connectivity index (χ0) is 17.8. The van der Waals surface area contributed by atoms with E-state index in [9.17, 15) is 9.59 Å². The van der Waals surface area contributed by atoms with E-state index in [0.29, 0.717) is 26.6 Å². The monoisotopic (exact) mass is 395 g/mol. The molecule has 0 saturated heterocycles. The molecule has 3 aromatic rings. The van der Waals surface area contributed by atoms with E-state index >= 15 is 0 Å². The third-order valence-electron chi connectivity index (χ3n) is 3.06. The first-order valence-electron chi connectivity index (χ1n) is 7.05. The van der Waals surface area contributed by atoms with Crippen LogP contribution in [-0.2, 0) is 11.2 Å². The molecule has 0 aliphatic heterocycles. The Hall–Kier alpha value is -2.35. The van der Waals surface area contributed by atoms with Gasteiger partial charge in [-0.05, 0) is 30.3 Å². The molecule has 2 N–H and O–H groups in total. The molecule has 0 aliphatic carbocycles. The quantitative estimate of drug-likeness (QED) is 0.666. The van der Waals surface area contributed by atoms with E-state index < -0.39 is 5.91 Å². The number of benzene rings is 1. The van der Waals surface area contributed by atoms with Gasteiger partial charge in [0.1, 0.15) is 0 Å². The lowest BCUT2D eigenvalue weighted by molar-refractivity contribution is -0.115. The number of carbonyl (C=O) groups excluding carboxylic acids is 2. The van der Waals surface area contributed by atoms with Gasteiger partial charge in [0.2, 0.25) is 5.91 Å². The van der Waals surface area contributed by atoms with Crippen LogP contribution in [0.1, 0.15) is 16.2 Å². The predicted molar refractivity (Wildman–Crippen MR) is 97.6 cm³/mol. The Morgan fingerprint density at radius 2 is 2.04 bits per heavy atom. The summed E-state index contributed by atoms with van der Waals surface area (Å²) in [6.45, 7) is 0. The Bertz CT molecular complexity index is 909. The average molecular weight is 396 g/mol. The van der Waals surface area contributed by atoms with Crippen LogP contribution in [0.25, 0.3) is 0 Å². The summed E-state index contributed by atoms with van der Waals surface area (Å²) >= 11 is 13.1. The van der Waals surface area contributed by atoms with Gasteiger partial charge in [-0.25, -0.2) is 4.98 Å². The molecule has 25 heavy (non-hydrogen) atoms. The molecule has 0 bridgehead atoms. The highest BCUT2D eigenvalue weighted by molar-refractivity contribution is 7.14.